The first kappa shape index (κ1) is 15.2. The quantitative estimate of drug-likeness (QED) is 0.795. The number of methoxy groups -OCH3 is 1. The summed E-state index contributed by atoms with van der Waals surface area (Å²) >= 11 is 0. The van der Waals surface area contributed by atoms with Gasteiger partial charge in [0.05, 0.1) is 12.7 Å². The lowest BCUT2D eigenvalue weighted by atomic mass is 10.1. The predicted octanol–water partition coefficient (Wildman–Crippen LogP) is 1.85. The van der Waals surface area contributed by atoms with Crippen LogP contribution in [0.25, 0.3) is 0 Å². The summed E-state index contributed by atoms with van der Waals surface area (Å²) in [7, 11) is 1.33. The molecule has 0 spiro atoms. The smallest absolute Gasteiger partial charge is 0.338 e. The second-order valence-electron chi connectivity index (χ2n) is 4.53. The molecule has 19 heavy (non-hydrogen) atoms. The molecule has 1 unspecified atom stereocenters. The minimum Gasteiger partial charge on any atom is -0.465 e. The van der Waals surface area contributed by atoms with Crippen molar-refractivity contribution < 1.29 is 14.3 Å². The molecule has 0 aliphatic carbocycles. The fourth-order valence-electron chi connectivity index (χ4n) is 1.67. The number of esters is 1. The van der Waals surface area contributed by atoms with Crippen LogP contribution >= 0.6 is 0 Å². The maximum absolute atomic E-state index is 11.7. The van der Waals surface area contributed by atoms with Gasteiger partial charge in [-0.2, -0.15) is 0 Å². The van der Waals surface area contributed by atoms with E-state index in [0.717, 1.165) is 0 Å². The molecule has 0 saturated heterocycles. The average Bonchev–Trinajstić information content (AvgIpc) is 2.38. The molecule has 1 atom stereocenters. The molecule has 0 bridgehead atoms. The SMILES string of the molecule is COC(=O)c1cccc(NC(=O)CCC(C)N)c1C. The Bertz CT molecular complexity index is 470. The van der Waals surface area contributed by atoms with E-state index in [4.69, 9.17) is 5.73 Å². The lowest BCUT2D eigenvalue weighted by molar-refractivity contribution is -0.116. The van der Waals surface area contributed by atoms with Crippen molar-refractivity contribution in [3.63, 3.8) is 0 Å². The zero-order valence-electron chi connectivity index (χ0n) is 11.5. The molecule has 0 aliphatic heterocycles. The van der Waals surface area contributed by atoms with Crippen molar-refractivity contribution in [3.8, 4) is 0 Å². The van der Waals surface area contributed by atoms with E-state index in [1.807, 2.05) is 6.92 Å². The van der Waals surface area contributed by atoms with Gasteiger partial charge < -0.3 is 15.8 Å². The summed E-state index contributed by atoms with van der Waals surface area (Å²) in [6.45, 7) is 3.63. The number of hydrogen-bond donors (Lipinski definition) is 2. The van der Waals surface area contributed by atoms with Crippen molar-refractivity contribution >= 4 is 17.6 Å². The highest BCUT2D eigenvalue weighted by Crippen LogP contribution is 2.20. The highest BCUT2D eigenvalue weighted by Gasteiger charge is 2.13. The maximum atomic E-state index is 11.7. The summed E-state index contributed by atoms with van der Waals surface area (Å²) in [6.07, 6.45) is 0.987. The molecule has 5 heteroatoms. The second kappa shape index (κ2) is 6.89. The molecule has 1 rings (SSSR count). The molecule has 3 N–H and O–H groups in total. The monoisotopic (exact) mass is 264 g/mol. The van der Waals surface area contributed by atoms with E-state index in [9.17, 15) is 9.59 Å². The lowest BCUT2D eigenvalue weighted by Crippen LogP contribution is -2.20. The van der Waals surface area contributed by atoms with Crippen LogP contribution in [0.1, 0.15) is 35.7 Å². The third-order valence-corrected chi connectivity index (χ3v) is 2.84. The van der Waals surface area contributed by atoms with Crippen LogP contribution in [0.3, 0.4) is 0 Å². The van der Waals surface area contributed by atoms with Crippen LogP contribution in [0.15, 0.2) is 18.2 Å². The molecule has 0 saturated carbocycles. The van der Waals surface area contributed by atoms with E-state index >= 15 is 0 Å². The number of nitrogens with one attached hydrogen (secondary N) is 1. The first-order chi connectivity index (χ1) is 8.95. The molecule has 0 radical (unpaired) electrons. The van der Waals surface area contributed by atoms with Crippen molar-refractivity contribution in [2.75, 3.05) is 12.4 Å². The van der Waals surface area contributed by atoms with Gasteiger partial charge in [0.25, 0.3) is 0 Å². The molecule has 1 amide bonds. The molecular weight excluding hydrogens is 244 g/mol. The van der Waals surface area contributed by atoms with Crippen molar-refractivity contribution in [1.82, 2.24) is 0 Å². The number of anilines is 1. The van der Waals surface area contributed by atoms with Gasteiger partial charge in [-0.25, -0.2) is 4.79 Å². The summed E-state index contributed by atoms with van der Waals surface area (Å²) < 4.78 is 4.69. The molecule has 0 heterocycles. The van der Waals surface area contributed by atoms with Gasteiger partial charge in [-0.1, -0.05) is 6.07 Å². The second-order valence-corrected chi connectivity index (χ2v) is 4.53. The van der Waals surface area contributed by atoms with Crippen LogP contribution in [0.2, 0.25) is 0 Å². The van der Waals surface area contributed by atoms with E-state index in [1.54, 1.807) is 25.1 Å². The van der Waals surface area contributed by atoms with E-state index < -0.39 is 5.97 Å². The van der Waals surface area contributed by atoms with E-state index in [1.165, 1.54) is 7.11 Å². The molecule has 0 aliphatic rings. The zero-order valence-corrected chi connectivity index (χ0v) is 11.5. The van der Waals surface area contributed by atoms with Crippen LogP contribution in [-0.4, -0.2) is 25.0 Å². The normalized spacial score (nSPS) is 11.8. The van der Waals surface area contributed by atoms with Crippen molar-refractivity contribution in [2.45, 2.75) is 32.7 Å². The Hall–Kier alpha value is -1.88. The van der Waals surface area contributed by atoms with Crippen LogP contribution in [-0.2, 0) is 9.53 Å². The highest BCUT2D eigenvalue weighted by atomic mass is 16.5. The number of hydrogen-bond acceptors (Lipinski definition) is 4. The third kappa shape index (κ3) is 4.37. The minimum atomic E-state index is -0.413. The number of amides is 1. The van der Waals surface area contributed by atoms with Crippen molar-refractivity contribution in [3.05, 3.63) is 29.3 Å². The van der Waals surface area contributed by atoms with Gasteiger partial charge >= 0.3 is 5.97 Å². The Morgan fingerprint density at radius 2 is 2.11 bits per heavy atom. The highest BCUT2D eigenvalue weighted by molar-refractivity contribution is 5.96. The van der Waals surface area contributed by atoms with Gasteiger partial charge in [-0.15, -0.1) is 0 Å². The van der Waals surface area contributed by atoms with Crippen LogP contribution in [0.5, 0.6) is 0 Å². The first-order valence-electron chi connectivity index (χ1n) is 6.19. The van der Waals surface area contributed by atoms with Gasteiger partial charge in [0, 0.05) is 18.2 Å². The predicted molar refractivity (Wildman–Crippen MR) is 74.0 cm³/mol. The standard InChI is InChI=1S/C14H20N2O3/c1-9(15)7-8-13(17)16-12-6-4-5-11(10(12)2)14(18)19-3/h4-6,9H,7-8,15H2,1-3H3,(H,16,17). The zero-order chi connectivity index (χ0) is 14.4. The minimum absolute atomic E-state index is 0.00625. The number of carbonyl (C=O) groups excluding carboxylic acids is 2. The molecule has 104 valence electrons. The van der Waals surface area contributed by atoms with Gasteiger partial charge in [0.2, 0.25) is 5.91 Å². The largest absolute Gasteiger partial charge is 0.465 e. The number of nitrogens with two attached hydrogens (primary N) is 1. The number of carbonyl (C=O) groups is 2. The molecule has 1 aromatic rings. The molecule has 5 nitrogen and oxygen atoms in total. The van der Waals surface area contributed by atoms with Gasteiger partial charge in [-0.3, -0.25) is 4.79 Å². The maximum Gasteiger partial charge on any atom is 0.338 e. The Balaban J connectivity index is 2.79. The lowest BCUT2D eigenvalue weighted by Gasteiger charge is -2.11. The van der Waals surface area contributed by atoms with Crippen LogP contribution in [0, 0.1) is 6.92 Å². The van der Waals surface area contributed by atoms with Crippen LogP contribution < -0.4 is 11.1 Å². The molecule has 1 aromatic carbocycles. The molecule has 0 fully saturated rings. The van der Waals surface area contributed by atoms with Gasteiger partial charge in [0.1, 0.15) is 0 Å². The third-order valence-electron chi connectivity index (χ3n) is 2.84. The average molecular weight is 264 g/mol. The Labute approximate surface area is 113 Å². The van der Waals surface area contributed by atoms with Crippen LogP contribution in [0.4, 0.5) is 5.69 Å². The van der Waals surface area contributed by atoms with Crippen molar-refractivity contribution in [1.29, 1.82) is 0 Å². The fraction of sp³-hybridized carbons (Fsp3) is 0.429. The molecule has 0 aromatic heterocycles. The Morgan fingerprint density at radius 3 is 2.68 bits per heavy atom. The molecular formula is C14H20N2O3. The Kier molecular flexibility index (Phi) is 5.51. The topological polar surface area (TPSA) is 81.4 Å². The van der Waals surface area contributed by atoms with Gasteiger partial charge in [-0.05, 0) is 38.0 Å². The first-order valence-corrected chi connectivity index (χ1v) is 6.19. The summed E-state index contributed by atoms with van der Waals surface area (Å²) in [5.41, 5.74) is 7.38. The van der Waals surface area contributed by atoms with E-state index in [0.29, 0.717) is 29.7 Å². The summed E-state index contributed by atoms with van der Waals surface area (Å²) in [5, 5.41) is 2.78. The van der Waals surface area contributed by atoms with Gasteiger partial charge in [0.15, 0.2) is 0 Å². The number of benzene rings is 1. The summed E-state index contributed by atoms with van der Waals surface area (Å²) in [4.78, 5) is 23.3. The Morgan fingerprint density at radius 1 is 1.42 bits per heavy atom. The van der Waals surface area contributed by atoms with Crippen molar-refractivity contribution in [2.24, 2.45) is 5.73 Å². The number of rotatable bonds is 5. The summed E-state index contributed by atoms with van der Waals surface area (Å²) in [6, 6.07) is 5.12. The number of ether oxygens (including phenoxy) is 1. The van der Waals surface area contributed by atoms with E-state index in [-0.39, 0.29) is 11.9 Å². The summed E-state index contributed by atoms with van der Waals surface area (Å²) in [5.74, 6) is -0.522. The van der Waals surface area contributed by atoms with E-state index in [2.05, 4.69) is 10.1 Å². The fourth-order valence-corrected chi connectivity index (χ4v) is 1.67.